The van der Waals surface area contributed by atoms with Crippen molar-refractivity contribution < 1.29 is 10.2 Å². The number of pyridine rings is 1. The van der Waals surface area contributed by atoms with Gasteiger partial charge in [0.15, 0.2) is 5.43 Å². The molecule has 4 rings (SSSR count). The van der Waals surface area contributed by atoms with E-state index in [1.165, 1.54) is 6.07 Å². The molecule has 0 spiro atoms. The van der Waals surface area contributed by atoms with E-state index in [2.05, 4.69) is 11.3 Å². The van der Waals surface area contributed by atoms with Gasteiger partial charge >= 0.3 is 0 Å². The predicted octanol–water partition coefficient (Wildman–Crippen LogP) is 3.28. The summed E-state index contributed by atoms with van der Waals surface area (Å²) in [5.41, 5.74) is 2.73. The maximum atomic E-state index is 11.8. The van der Waals surface area contributed by atoms with E-state index in [1.807, 2.05) is 12.1 Å². The van der Waals surface area contributed by atoms with Crippen LogP contribution in [0, 0.1) is 0 Å². The SMILES string of the molecule is CCCc1cc2cc(=O)ccc2c2/c(=C/O)c3ccc(O)cc3n12. The number of rotatable bonds is 2. The number of hydrogen-bond acceptors (Lipinski definition) is 3. The van der Waals surface area contributed by atoms with E-state index in [0.29, 0.717) is 5.22 Å². The van der Waals surface area contributed by atoms with Gasteiger partial charge in [-0.25, -0.2) is 0 Å². The smallest absolute Gasteiger partial charge is 0.179 e. The normalized spacial score (nSPS) is 12.6. The fourth-order valence-electron chi connectivity index (χ4n) is 3.56. The Kier molecular flexibility index (Phi) is 3.20. The lowest BCUT2D eigenvalue weighted by molar-refractivity contribution is 0.476. The van der Waals surface area contributed by atoms with Crippen LogP contribution in [0.5, 0.6) is 5.75 Å². The Balaban J connectivity index is 2.38. The second-order valence-electron chi connectivity index (χ2n) is 6.06. The van der Waals surface area contributed by atoms with Gasteiger partial charge in [0.2, 0.25) is 0 Å². The summed E-state index contributed by atoms with van der Waals surface area (Å²) in [5, 5.41) is 23.1. The number of aliphatic hydroxyl groups is 1. The Labute approximate surface area is 137 Å². The molecule has 4 aromatic rings. The largest absolute Gasteiger partial charge is 0.515 e. The molecule has 4 nitrogen and oxygen atoms in total. The number of aliphatic hydroxyl groups excluding tert-OH is 1. The summed E-state index contributed by atoms with van der Waals surface area (Å²) >= 11 is 0. The van der Waals surface area contributed by atoms with Gasteiger partial charge in [0.1, 0.15) is 5.75 Å². The third-order valence-corrected chi connectivity index (χ3v) is 4.51. The summed E-state index contributed by atoms with van der Waals surface area (Å²) in [4.78, 5) is 11.8. The molecule has 0 aliphatic carbocycles. The standard InChI is InChI=1S/C20H17NO3/c1-2-3-13-8-12-9-14(23)4-6-16(12)20-18(11-22)17-7-5-15(24)10-19(17)21(13)20/h4-11,22,24H,2-3H2,1H3/b18-11+. The van der Waals surface area contributed by atoms with Gasteiger partial charge in [-0.1, -0.05) is 13.3 Å². The lowest BCUT2D eigenvalue weighted by atomic mass is 10.1. The van der Waals surface area contributed by atoms with E-state index < -0.39 is 0 Å². The van der Waals surface area contributed by atoms with Crippen molar-refractivity contribution in [3.8, 4) is 5.75 Å². The minimum absolute atomic E-state index is 0.0300. The van der Waals surface area contributed by atoms with Crippen molar-refractivity contribution in [3.63, 3.8) is 0 Å². The van der Waals surface area contributed by atoms with Gasteiger partial charge in [-0.05, 0) is 48.2 Å². The monoisotopic (exact) mass is 319 g/mol. The lowest BCUT2D eigenvalue weighted by Crippen LogP contribution is -2.05. The fourth-order valence-corrected chi connectivity index (χ4v) is 3.56. The van der Waals surface area contributed by atoms with Gasteiger partial charge < -0.3 is 14.6 Å². The minimum Gasteiger partial charge on any atom is -0.515 e. The summed E-state index contributed by atoms with van der Waals surface area (Å²) in [6.45, 7) is 2.10. The van der Waals surface area contributed by atoms with Gasteiger partial charge in [-0.15, -0.1) is 0 Å². The number of hydrogen-bond donors (Lipinski definition) is 2. The van der Waals surface area contributed by atoms with Crippen LogP contribution in [-0.4, -0.2) is 14.6 Å². The fraction of sp³-hybridized carbons (Fsp3) is 0.150. The molecule has 0 radical (unpaired) electrons. The van der Waals surface area contributed by atoms with Crippen LogP contribution >= 0.6 is 0 Å². The van der Waals surface area contributed by atoms with Crippen molar-refractivity contribution in [2.45, 2.75) is 19.8 Å². The molecule has 0 amide bonds. The maximum Gasteiger partial charge on any atom is 0.179 e. The van der Waals surface area contributed by atoms with Crippen LogP contribution < -0.4 is 10.6 Å². The first kappa shape index (κ1) is 14.6. The quantitative estimate of drug-likeness (QED) is 0.596. The van der Waals surface area contributed by atoms with Gasteiger partial charge in [0.05, 0.1) is 17.3 Å². The molecule has 2 heterocycles. The highest BCUT2D eigenvalue weighted by atomic mass is 16.3. The molecule has 24 heavy (non-hydrogen) atoms. The Morgan fingerprint density at radius 1 is 1.08 bits per heavy atom. The number of phenolic OH excluding ortho intramolecular Hbond substituents is 1. The number of aromatic hydroxyl groups is 1. The van der Waals surface area contributed by atoms with Crippen molar-refractivity contribution >= 4 is 33.5 Å². The number of benzene rings is 2. The van der Waals surface area contributed by atoms with Crippen molar-refractivity contribution in [3.05, 3.63) is 63.6 Å². The van der Waals surface area contributed by atoms with E-state index in [0.717, 1.165) is 52.0 Å². The molecular formula is C20H17NO3. The number of aryl methyl sites for hydroxylation is 1. The first-order chi connectivity index (χ1) is 11.6. The Morgan fingerprint density at radius 2 is 1.88 bits per heavy atom. The van der Waals surface area contributed by atoms with Crippen molar-refractivity contribution in [2.75, 3.05) is 0 Å². The Morgan fingerprint density at radius 3 is 2.62 bits per heavy atom. The molecule has 0 saturated heterocycles. The molecule has 0 atom stereocenters. The zero-order valence-corrected chi connectivity index (χ0v) is 13.3. The number of nitrogens with zero attached hydrogens (tertiary/aromatic N) is 1. The zero-order valence-electron chi connectivity index (χ0n) is 13.3. The van der Waals surface area contributed by atoms with E-state index in [4.69, 9.17) is 0 Å². The van der Waals surface area contributed by atoms with E-state index in [1.54, 1.807) is 24.3 Å². The molecule has 0 saturated carbocycles. The van der Waals surface area contributed by atoms with Gasteiger partial charge in [-0.3, -0.25) is 4.79 Å². The van der Waals surface area contributed by atoms with Gasteiger partial charge in [0.25, 0.3) is 0 Å². The molecule has 2 aromatic heterocycles. The molecule has 2 aromatic carbocycles. The maximum absolute atomic E-state index is 11.8. The van der Waals surface area contributed by atoms with E-state index in [9.17, 15) is 15.0 Å². The number of fused-ring (bicyclic) bond motifs is 5. The zero-order chi connectivity index (χ0) is 16.8. The van der Waals surface area contributed by atoms with E-state index >= 15 is 0 Å². The highest BCUT2D eigenvalue weighted by Crippen LogP contribution is 2.27. The van der Waals surface area contributed by atoms with Crippen LogP contribution in [0.4, 0.5) is 0 Å². The predicted molar refractivity (Wildman–Crippen MR) is 96.7 cm³/mol. The average molecular weight is 319 g/mol. The molecule has 0 fully saturated rings. The highest BCUT2D eigenvalue weighted by molar-refractivity contribution is 6.03. The number of phenols is 1. The molecule has 0 bridgehead atoms. The van der Waals surface area contributed by atoms with Crippen molar-refractivity contribution in [1.82, 2.24) is 4.40 Å². The second kappa shape index (κ2) is 5.27. The Bertz CT molecular complexity index is 1200. The molecule has 4 heteroatoms. The topological polar surface area (TPSA) is 61.9 Å². The number of aromatic nitrogens is 1. The van der Waals surface area contributed by atoms with Crippen LogP contribution in [0.15, 0.2) is 47.3 Å². The third kappa shape index (κ3) is 1.96. The summed E-state index contributed by atoms with van der Waals surface area (Å²) in [5.74, 6) is 0.184. The first-order valence-corrected chi connectivity index (χ1v) is 8.01. The summed E-state index contributed by atoms with van der Waals surface area (Å²) in [6.07, 6.45) is 2.89. The van der Waals surface area contributed by atoms with E-state index in [-0.39, 0.29) is 11.2 Å². The van der Waals surface area contributed by atoms with Gasteiger partial charge in [0, 0.05) is 27.8 Å². The van der Waals surface area contributed by atoms with Crippen LogP contribution in [0.1, 0.15) is 19.0 Å². The van der Waals surface area contributed by atoms with Gasteiger partial charge in [-0.2, -0.15) is 0 Å². The molecular weight excluding hydrogens is 302 g/mol. The third-order valence-electron chi connectivity index (χ3n) is 4.51. The van der Waals surface area contributed by atoms with Crippen LogP contribution in [-0.2, 0) is 6.42 Å². The average Bonchev–Trinajstić information content (AvgIpc) is 2.88. The molecule has 0 aliphatic heterocycles. The van der Waals surface area contributed by atoms with Crippen LogP contribution in [0.3, 0.4) is 0 Å². The summed E-state index contributed by atoms with van der Waals surface area (Å²) < 4.78 is 2.08. The molecule has 0 aliphatic rings. The van der Waals surface area contributed by atoms with Crippen LogP contribution in [0.25, 0.3) is 33.5 Å². The first-order valence-electron chi connectivity index (χ1n) is 8.01. The molecule has 2 N–H and O–H groups in total. The van der Waals surface area contributed by atoms with Crippen molar-refractivity contribution in [1.29, 1.82) is 0 Å². The van der Waals surface area contributed by atoms with Crippen molar-refractivity contribution in [2.24, 2.45) is 0 Å². The highest BCUT2D eigenvalue weighted by Gasteiger charge is 2.14. The summed E-state index contributed by atoms with van der Waals surface area (Å²) in [7, 11) is 0. The molecule has 0 unspecified atom stereocenters. The minimum atomic E-state index is -0.0300. The lowest BCUT2D eigenvalue weighted by Gasteiger charge is -2.10. The molecule has 120 valence electrons. The van der Waals surface area contributed by atoms with Crippen LogP contribution in [0.2, 0.25) is 0 Å². The Hall–Kier alpha value is -3.01. The second-order valence-corrected chi connectivity index (χ2v) is 6.06. The summed E-state index contributed by atoms with van der Waals surface area (Å²) in [6, 6.07) is 12.1.